The van der Waals surface area contributed by atoms with Gasteiger partial charge in [-0.2, -0.15) is 0 Å². The highest BCUT2D eigenvalue weighted by Crippen LogP contribution is 2.32. The molecular formula is C16H15N3O3. The average Bonchev–Trinajstić information content (AvgIpc) is 3.29. The first-order chi connectivity index (χ1) is 10.9. The molecule has 3 aromatic rings. The Morgan fingerprint density at radius 3 is 2.36 bits per heavy atom. The monoisotopic (exact) mass is 297 g/mol. The van der Waals surface area contributed by atoms with Gasteiger partial charge in [-0.25, -0.2) is 9.97 Å². The number of aromatic nitrogens is 2. The van der Waals surface area contributed by atoms with Crippen LogP contribution in [-0.2, 0) is 4.74 Å². The van der Waals surface area contributed by atoms with E-state index in [0.717, 1.165) is 30.1 Å². The van der Waals surface area contributed by atoms with Crippen LogP contribution < -0.4 is 4.90 Å². The third kappa shape index (κ3) is 2.37. The Hall–Kier alpha value is -2.60. The molecule has 1 saturated heterocycles. The quantitative estimate of drug-likeness (QED) is 0.740. The molecule has 0 N–H and O–H groups in total. The minimum atomic E-state index is 0.685. The van der Waals surface area contributed by atoms with Crippen molar-refractivity contribution in [3.8, 4) is 22.8 Å². The van der Waals surface area contributed by atoms with Gasteiger partial charge in [0.05, 0.1) is 31.3 Å². The standard InChI is InChI=1S/C16H15N3O3/c1-3-13(21-7-1)12-11-17-16(19-5-9-20-10-6-19)18-15(12)14-4-2-8-22-14/h1-4,7-8,11H,5-6,9-10H2. The Kier molecular flexibility index (Phi) is 3.36. The Balaban J connectivity index is 1.79. The second-order valence-electron chi connectivity index (χ2n) is 4.99. The number of rotatable bonds is 3. The third-order valence-corrected chi connectivity index (χ3v) is 3.61. The van der Waals surface area contributed by atoms with Crippen LogP contribution in [-0.4, -0.2) is 36.3 Å². The molecule has 0 bridgehead atoms. The van der Waals surface area contributed by atoms with Gasteiger partial charge in [-0.1, -0.05) is 0 Å². The fraction of sp³-hybridized carbons (Fsp3) is 0.250. The molecule has 22 heavy (non-hydrogen) atoms. The molecule has 112 valence electrons. The number of hydrogen-bond acceptors (Lipinski definition) is 6. The summed E-state index contributed by atoms with van der Waals surface area (Å²) >= 11 is 0. The van der Waals surface area contributed by atoms with Crippen LogP contribution in [0.4, 0.5) is 5.95 Å². The molecule has 4 heterocycles. The molecule has 0 amide bonds. The lowest BCUT2D eigenvalue weighted by molar-refractivity contribution is 0.122. The predicted octanol–water partition coefficient (Wildman–Crippen LogP) is 2.83. The minimum Gasteiger partial charge on any atom is -0.464 e. The molecule has 1 aliphatic heterocycles. The second-order valence-corrected chi connectivity index (χ2v) is 4.99. The largest absolute Gasteiger partial charge is 0.464 e. The molecule has 6 heteroatoms. The summed E-state index contributed by atoms with van der Waals surface area (Å²) in [5.41, 5.74) is 1.55. The van der Waals surface area contributed by atoms with Crippen molar-refractivity contribution in [2.24, 2.45) is 0 Å². The average molecular weight is 297 g/mol. The molecule has 1 fully saturated rings. The normalized spacial score (nSPS) is 15.2. The SMILES string of the molecule is c1coc(-c2cnc(N3CCOCC3)nc2-c2ccco2)c1. The Morgan fingerprint density at radius 2 is 1.68 bits per heavy atom. The summed E-state index contributed by atoms with van der Waals surface area (Å²) in [6.45, 7) is 2.97. The van der Waals surface area contributed by atoms with Gasteiger partial charge in [0.1, 0.15) is 11.5 Å². The van der Waals surface area contributed by atoms with Gasteiger partial charge in [-0.15, -0.1) is 0 Å². The van der Waals surface area contributed by atoms with Gasteiger partial charge >= 0.3 is 0 Å². The molecular weight excluding hydrogens is 282 g/mol. The zero-order chi connectivity index (χ0) is 14.8. The van der Waals surface area contributed by atoms with E-state index in [1.54, 1.807) is 18.7 Å². The van der Waals surface area contributed by atoms with E-state index in [9.17, 15) is 0 Å². The fourth-order valence-corrected chi connectivity index (χ4v) is 2.50. The number of ether oxygens (including phenoxy) is 1. The molecule has 3 aromatic heterocycles. The van der Waals surface area contributed by atoms with E-state index in [1.807, 2.05) is 24.3 Å². The molecule has 0 atom stereocenters. The summed E-state index contributed by atoms with van der Waals surface area (Å²) in [6.07, 6.45) is 5.06. The number of nitrogens with zero attached hydrogens (tertiary/aromatic N) is 3. The van der Waals surface area contributed by atoms with Gasteiger partial charge in [0.15, 0.2) is 5.76 Å². The molecule has 4 rings (SSSR count). The fourth-order valence-electron chi connectivity index (χ4n) is 2.50. The Bertz CT molecular complexity index is 732. The molecule has 0 aliphatic carbocycles. The molecule has 0 aromatic carbocycles. The zero-order valence-electron chi connectivity index (χ0n) is 11.9. The number of hydrogen-bond donors (Lipinski definition) is 0. The van der Waals surface area contributed by atoms with Crippen LogP contribution in [0.25, 0.3) is 22.8 Å². The van der Waals surface area contributed by atoms with Crippen molar-refractivity contribution in [2.75, 3.05) is 31.2 Å². The highest BCUT2D eigenvalue weighted by Gasteiger charge is 2.19. The summed E-state index contributed by atoms with van der Waals surface area (Å²) in [4.78, 5) is 11.3. The highest BCUT2D eigenvalue weighted by molar-refractivity contribution is 5.75. The molecule has 6 nitrogen and oxygen atoms in total. The number of anilines is 1. The third-order valence-electron chi connectivity index (χ3n) is 3.61. The van der Waals surface area contributed by atoms with E-state index in [2.05, 4.69) is 9.88 Å². The van der Waals surface area contributed by atoms with Crippen molar-refractivity contribution in [1.82, 2.24) is 9.97 Å². The van der Waals surface area contributed by atoms with E-state index in [1.165, 1.54) is 0 Å². The van der Waals surface area contributed by atoms with Crippen molar-refractivity contribution in [3.63, 3.8) is 0 Å². The van der Waals surface area contributed by atoms with Crippen molar-refractivity contribution in [2.45, 2.75) is 0 Å². The van der Waals surface area contributed by atoms with Gasteiger partial charge in [0, 0.05) is 19.3 Å². The molecule has 1 aliphatic rings. The summed E-state index contributed by atoms with van der Waals surface area (Å²) in [6, 6.07) is 7.46. The molecule has 0 radical (unpaired) electrons. The number of morpholine rings is 1. The van der Waals surface area contributed by atoms with Crippen LogP contribution in [0.5, 0.6) is 0 Å². The van der Waals surface area contributed by atoms with Crippen LogP contribution >= 0.6 is 0 Å². The van der Waals surface area contributed by atoms with Crippen molar-refractivity contribution < 1.29 is 13.6 Å². The number of furan rings is 2. The first-order valence-electron chi connectivity index (χ1n) is 7.19. The van der Waals surface area contributed by atoms with Crippen LogP contribution in [0.2, 0.25) is 0 Å². The molecule has 0 unspecified atom stereocenters. The maximum Gasteiger partial charge on any atom is 0.226 e. The van der Waals surface area contributed by atoms with Gasteiger partial charge < -0.3 is 18.5 Å². The zero-order valence-corrected chi connectivity index (χ0v) is 11.9. The van der Waals surface area contributed by atoms with E-state index in [0.29, 0.717) is 24.9 Å². The van der Waals surface area contributed by atoms with Crippen LogP contribution in [0.1, 0.15) is 0 Å². The van der Waals surface area contributed by atoms with Gasteiger partial charge in [0.25, 0.3) is 0 Å². The maximum absolute atomic E-state index is 5.53. The van der Waals surface area contributed by atoms with Crippen molar-refractivity contribution in [1.29, 1.82) is 0 Å². The molecule has 0 saturated carbocycles. The first-order valence-corrected chi connectivity index (χ1v) is 7.19. The van der Waals surface area contributed by atoms with Crippen molar-refractivity contribution in [3.05, 3.63) is 43.0 Å². The summed E-state index contributed by atoms with van der Waals surface area (Å²) < 4.78 is 16.4. The minimum absolute atomic E-state index is 0.685. The topological polar surface area (TPSA) is 64.5 Å². The Labute approximate surface area is 127 Å². The maximum atomic E-state index is 5.53. The first kappa shape index (κ1) is 13.1. The lowest BCUT2D eigenvalue weighted by Crippen LogP contribution is -2.37. The van der Waals surface area contributed by atoms with Crippen LogP contribution in [0, 0.1) is 0 Å². The van der Waals surface area contributed by atoms with Crippen molar-refractivity contribution >= 4 is 5.95 Å². The van der Waals surface area contributed by atoms with Gasteiger partial charge in [-0.05, 0) is 24.3 Å². The molecule has 0 spiro atoms. The van der Waals surface area contributed by atoms with E-state index in [4.69, 9.17) is 18.6 Å². The van der Waals surface area contributed by atoms with E-state index >= 15 is 0 Å². The summed E-state index contributed by atoms with van der Waals surface area (Å²) in [5, 5.41) is 0. The second kappa shape index (κ2) is 5.65. The van der Waals surface area contributed by atoms with Crippen LogP contribution in [0.3, 0.4) is 0 Å². The Morgan fingerprint density at radius 1 is 0.955 bits per heavy atom. The summed E-state index contributed by atoms with van der Waals surface area (Å²) in [7, 11) is 0. The van der Waals surface area contributed by atoms with E-state index in [-0.39, 0.29) is 0 Å². The van der Waals surface area contributed by atoms with Crippen LogP contribution in [0.15, 0.2) is 51.8 Å². The lowest BCUT2D eigenvalue weighted by Gasteiger charge is -2.27. The smallest absolute Gasteiger partial charge is 0.226 e. The lowest BCUT2D eigenvalue weighted by atomic mass is 10.1. The highest BCUT2D eigenvalue weighted by atomic mass is 16.5. The summed E-state index contributed by atoms with van der Waals surface area (Å²) in [5.74, 6) is 2.10. The van der Waals surface area contributed by atoms with Gasteiger partial charge in [-0.3, -0.25) is 0 Å². The van der Waals surface area contributed by atoms with Gasteiger partial charge in [0.2, 0.25) is 5.95 Å². The predicted molar refractivity (Wildman–Crippen MR) is 80.5 cm³/mol. The van der Waals surface area contributed by atoms with E-state index < -0.39 is 0 Å².